The van der Waals surface area contributed by atoms with Crippen molar-refractivity contribution in [2.24, 2.45) is 0 Å². The van der Waals surface area contributed by atoms with Gasteiger partial charge in [-0.25, -0.2) is 13.1 Å². The maximum absolute atomic E-state index is 11.0. The van der Waals surface area contributed by atoms with Crippen LogP contribution in [0.5, 0.6) is 5.75 Å². The van der Waals surface area contributed by atoms with Crippen molar-refractivity contribution in [3.05, 3.63) is 29.8 Å². The molecule has 20 heavy (non-hydrogen) atoms. The third-order valence-corrected chi connectivity index (χ3v) is 4.46. The molecule has 0 bridgehead atoms. The van der Waals surface area contributed by atoms with Crippen molar-refractivity contribution in [3.8, 4) is 5.75 Å². The summed E-state index contributed by atoms with van der Waals surface area (Å²) in [5.74, 6) is 0.965. The van der Waals surface area contributed by atoms with E-state index in [2.05, 4.69) is 22.6 Å². The lowest BCUT2D eigenvalue weighted by Gasteiger charge is -2.29. The van der Waals surface area contributed by atoms with Gasteiger partial charge in [0.25, 0.3) is 0 Å². The summed E-state index contributed by atoms with van der Waals surface area (Å²) in [5, 5.41) is 0. The Morgan fingerprint density at radius 2 is 2.15 bits per heavy atom. The lowest BCUT2D eigenvalue weighted by atomic mass is 10.0. The largest absolute Gasteiger partial charge is 0.488 e. The maximum atomic E-state index is 11.0. The Morgan fingerprint density at radius 3 is 2.80 bits per heavy atom. The van der Waals surface area contributed by atoms with Gasteiger partial charge in [0, 0.05) is 25.6 Å². The van der Waals surface area contributed by atoms with E-state index in [1.807, 2.05) is 25.2 Å². The average Bonchev–Trinajstić information content (AvgIpc) is 2.79. The summed E-state index contributed by atoms with van der Waals surface area (Å²) in [7, 11) is -1.13. The molecule has 1 N–H and O–H groups in total. The zero-order chi connectivity index (χ0) is 14.8. The molecule has 2 atom stereocenters. The van der Waals surface area contributed by atoms with Gasteiger partial charge in [0.05, 0.1) is 6.26 Å². The predicted molar refractivity (Wildman–Crippen MR) is 79.5 cm³/mol. The highest BCUT2D eigenvalue weighted by molar-refractivity contribution is 7.88. The standard InChI is InChI=1S/C14H22N2O3S/c1-11(16(2)9-8-15-20(3,17)18)14-10-12-6-4-5-7-13(12)19-14/h4-7,11,14-15H,8-10H2,1-3H3/t11-,14-/m0/s1. The Labute approximate surface area is 121 Å². The lowest BCUT2D eigenvalue weighted by Crippen LogP contribution is -2.44. The van der Waals surface area contributed by atoms with Crippen LogP contribution >= 0.6 is 0 Å². The molecule has 112 valence electrons. The molecule has 1 aromatic carbocycles. The summed E-state index contributed by atoms with van der Waals surface area (Å²) in [5.41, 5.74) is 1.24. The molecule has 0 aromatic heterocycles. The molecule has 2 rings (SSSR count). The first kappa shape index (κ1) is 15.3. The first-order valence-corrected chi connectivity index (χ1v) is 8.65. The Balaban J connectivity index is 1.85. The van der Waals surface area contributed by atoms with Crippen LogP contribution < -0.4 is 9.46 Å². The van der Waals surface area contributed by atoms with E-state index in [0.717, 1.165) is 12.2 Å². The minimum absolute atomic E-state index is 0.121. The van der Waals surface area contributed by atoms with E-state index in [1.54, 1.807) is 0 Å². The number of hydrogen-bond acceptors (Lipinski definition) is 4. The molecule has 1 aliphatic rings. The van der Waals surface area contributed by atoms with Crippen molar-refractivity contribution >= 4 is 10.0 Å². The van der Waals surface area contributed by atoms with Crippen molar-refractivity contribution in [1.82, 2.24) is 9.62 Å². The number of benzene rings is 1. The molecule has 0 aliphatic carbocycles. The second-order valence-electron chi connectivity index (χ2n) is 5.36. The third kappa shape index (κ3) is 3.94. The topological polar surface area (TPSA) is 58.6 Å². The highest BCUT2D eigenvalue weighted by Gasteiger charge is 2.29. The molecule has 6 heteroatoms. The van der Waals surface area contributed by atoms with Gasteiger partial charge in [-0.1, -0.05) is 18.2 Å². The molecular formula is C14H22N2O3S. The van der Waals surface area contributed by atoms with Crippen molar-refractivity contribution in [1.29, 1.82) is 0 Å². The second-order valence-corrected chi connectivity index (χ2v) is 7.19. The van der Waals surface area contributed by atoms with Crippen LogP contribution in [0.25, 0.3) is 0 Å². The van der Waals surface area contributed by atoms with Crippen LogP contribution in [0.2, 0.25) is 0 Å². The summed E-state index contributed by atoms with van der Waals surface area (Å²) in [6.07, 6.45) is 2.20. The van der Waals surface area contributed by atoms with Gasteiger partial charge in [-0.2, -0.15) is 0 Å². The van der Waals surface area contributed by atoms with Gasteiger partial charge in [0.15, 0.2) is 0 Å². The molecule has 0 saturated carbocycles. The molecule has 0 spiro atoms. The highest BCUT2D eigenvalue weighted by Crippen LogP contribution is 2.30. The Kier molecular flexibility index (Phi) is 4.67. The molecule has 0 fully saturated rings. The van der Waals surface area contributed by atoms with Gasteiger partial charge in [-0.3, -0.25) is 4.90 Å². The van der Waals surface area contributed by atoms with Crippen molar-refractivity contribution in [2.75, 3.05) is 26.4 Å². The summed E-state index contributed by atoms with van der Waals surface area (Å²) >= 11 is 0. The van der Waals surface area contributed by atoms with E-state index in [1.165, 1.54) is 11.8 Å². The lowest BCUT2D eigenvalue weighted by molar-refractivity contribution is 0.111. The van der Waals surface area contributed by atoms with Gasteiger partial charge in [0.1, 0.15) is 11.9 Å². The van der Waals surface area contributed by atoms with Crippen LogP contribution in [0.1, 0.15) is 12.5 Å². The highest BCUT2D eigenvalue weighted by atomic mass is 32.2. The summed E-state index contributed by atoms with van der Waals surface area (Å²) in [6, 6.07) is 8.31. The minimum atomic E-state index is -3.12. The van der Waals surface area contributed by atoms with Gasteiger partial charge in [-0.15, -0.1) is 0 Å². The summed E-state index contributed by atoms with van der Waals surface area (Å²) in [4.78, 5) is 2.12. The minimum Gasteiger partial charge on any atom is -0.488 e. The number of hydrogen-bond donors (Lipinski definition) is 1. The number of ether oxygens (including phenoxy) is 1. The fourth-order valence-corrected chi connectivity index (χ4v) is 2.83. The number of sulfonamides is 1. The number of fused-ring (bicyclic) bond motifs is 1. The zero-order valence-corrected chi connectivity index (χ0v) is 13.0. The average molecular weight is 298 g/mol. The van der Waals surface area contributed by atoms with Crippen LogP contribution in [0.4, 0.5) is 0 Å². The third-order valence-electron chi connectivity index (χ3n) is 3.73. The number of likely N-dealkylation sites (N-methyl/N-ethyl adjacent to an activating group) is 1. The molecular weight excluding hydrogens is 276 g/mol. The van der Waals surface area contributed by atoms with E-state index in [-0.39, 0.29) is 12.1 Å². The fourth-order valence-electron chi connectivity index (χ4n) is 2.37. The Hall–Kier alpha value is -1.11. The molecule has 1 heterocycles. The quantitative estimate of drug-likeness (QED) is 0.846. The van der Waals surface area contributed by atoms with E-state index in [0.29, 0.717) is 13.1 Å². The van der Waals surface area contributed by atoms with E-state index >= 15 is 0 Å². The van der Waals surface area contributed by atoms with E-state index < -0.39 is 10.0 Å². The van der Waals surface area contributed by atoms with Gasteiger partial charge in [-0.05, 0) is 25.6 Å². The number of para-hydroxylation sites is 1. The fraction of sp³-hybridized carbons (Fsp3) is 0.571. The van der Waals surface area contributed by atoms with Crippen molar-refractivity contribution in [2.45, 2.75) is 25.5 Å². The van der Waals surface area contributed by atoms with Crippen LogP contribution in [-0.2, 0) is 16.4 Å². The normalized spacial score (nSPS) is 19.7. The first-order chi connectivity index (χ1) is 9.37. The molecule has 0 radical (unpaired) electrons. The number of rotatable bonds is 6. The smallest absolute Gasteiger partial charge is 0.208 e. The molecule has 0 amide bonds. The molecule has 1 aliphatic heterocycles. The molecule has 1 aromatic rings. The Bertz CT molecular complexity index is 534. The maximum Gasteiger partial charge on any atom is 0.208 e. The van der Waals surface area contributed by atoms with Gasteiger partial charge < -0.3 is 4.74 Å². The first-order valence-electron chi connectivity index (χ1n) is 6.76. The SMILES string of the molecule is C[C@@H]([C@@H]1Cc2ccccc2O1)N(C)CCNS(C)(=O)=O. The van der Waals surface area contributed by atoms with Gasteiger partial charge >= 0.3 is 0 Å². The van der Waals surface area contributed by atoms with E-state index in [9.17, 15) is 8.42 Å². The van der Waals surface area contributed by atoms with Crippen LogP contribution in [0.3, 0.4) is 0 Å². The number of nitrogens with zero attached hydrogens (tertiary/aromatic N) is 1. The van der Waals surface area contributed by atoms with Crippen LogP contribution in [-0.4, -0.2) is 51.9 Å². The molecule has 0 unspecified atom stereocenters. The monoisotopic (exact) mass is 298 g/mol. The summed E-state index contributed by atoms with van der Waals surface area (Å²) in [6.45, 7) is 3.18. The Morgan fingerprint density at radius 1 is 1.45 bits per heavy atom. The number of nitrogens with one attached hydrogen (secondary N) is 1. The zero-order valence-electron chi connectivity index (χ0n) is 12.2. The van der Waals surface area contributed by atoms with Crippen LogP contribution in [0, 0.1) is 0 Å². The summed E-state index contributed by atoms with van der Waals surface area (Å²) < 4.78 is 30.5. The van der Waals surface area contributed by atoms with Gasteiger partial charge in [0.2, 0.25) is 10.0 Å². The van der Waals surface area contributed by atoms with E-state index in [4.69, 9.17) is 4.74 Å². The predicted octanol–water partition coefficient (Wildman–Crippen LogP) is 0.860. The second kappa shape index (κ2) is 6.11. The molecule has 0 saturated heterocycles. The van der Waals surface area contributed by atoms with Crippen molar-refractivity contribution < 1.29 is 13.2 Å². The molecule has 5 nitrogen and oxygen atoms in total. The van der Waals surface area contributed by atoms with Crippen LogP contribution in [0.15, 0.2) is 24.3 Å². The van der Waals surface area contributed by atoms with Crippen molar-refractivity contribution in [3.63, 3.8) is 0 Å².